The molecular formula is C20H22ClF2NOS. The lowest BCUT2D eigenvalue weighted by molar-refractivity contribution is 0.250. The Labute approximate surface area is 158 Å². The summed E-state index contributed by atoms with van der Waals surface area (Å²) < 4.78 is 42.5. The SMILES string of the molecule is C=S(=O)(c1ccc(F)cc1)N1CCCCC1CCc1ccc(Cl)cc1F. The maximum Gasteiger partial charge on any atom is 0.127 e. The van der Waals surface area contributed by atoms with Crippen molar-refractivity contribution in [3.8, 4) is 0 Å². The summed E-state index contributed by atoms with van der Waals surface area (Å²) in [5.41, 5.74) is 0.609. The maximum atomic E-state index is 14.0. The lowest BCUT2D eigenvalue weighted by Gasteiger charge is -2.37. The van der Waals surface area contributed by atoms with Crippen LogP contribution in [-0.2, 0) is 16.1 Å². The monoisotopic (exact) mass is 397 g/mol. The highest BCUT2D eigenvalue weighted by Gasteiger charge is 2.29. The van der Waals surface area contributed by atoms with Crippen molar-refractivity contribution < 1.29 is 13.0 Å². The van der Waals surface area contributed by atoms with Gasteiger partial charge in [0.05, 0.1) is 9.71 Å². The summed E-state index contributed by atoms with van der Waals surface area (Å²) in [5.74, 6) is 3.29. The number of hydrogen-bond donors (Lipinski definition) is 0. The first-order valence-corrected chi connectivity index (χ1v) is 10.8. The molecular weight excluding hydrogens is 376 g/mol. The van der Waals surface area contributed by atoms with Gasteiger partial charge in [-0.1, -0.05) is 24.1 Å². The molecule has 0 N–H and O–H groups in total. The van der Waals surface area contributed by atoms with Crippen molar-refractivity contribution in [1.82, 2.24) is 4.31 Å². The predicted octanol–water partition coefficient (Wildman–Crippen LogP) is 5.10. The van der Waals surface area contributed by atoms with Gasteiger partial charge in [-0.3, -0.25) is 0 Å². The second kappa shape index (κ2) is 8.07. The Hall–Kier alpha value is -1.43. The molecule has 3 rings (SSSR count). The average Bonchev–Trinajstić information content (AvgIpc) is 2.61. The van der Waals surface area contributed by atoms with Gasteiger partial charge in [0, 0.05) is 22.5 Å². The molecule has 1 aliphatic rings. The largest absolute Gasteiger partial charge is 0.248 e. The number of benzene rings is 2. The number of piperidine rings is 1. The van der Waals surface area contributed by atoms with Crippen LogP contribution in [0.5, 0.6) is 0 Å². The zero-order valence-electron chi connectivity index (χ0n) is 14.5. The summed E-state index contributed by atoms with van der Waals surface area (Å²) in [6, 6.07) is 10.4. The van der Waals surface area contributed by atoms with Gasteiger partial charge in [-0.05, 0) is 73.5 Å². The topological polar surface area (TPSA) is 20.3 Å². The third-order valence-electron chi connectivity index (χ3n) is 4.90. The van der Waals surface area contributed by atoms with E-state index in [9.17, 15) is 13.0 Å². The molecule has 6 heteroatoms. The first-order chi connectivity index (χ1) is 12.4. The standard InChI is InChI=1S/C20H22ClF2NOS/c1-26(25,19-11-8-17(22)9-12-19)24-13-3-2-4-18(24)10-6-15-5-7-16(21)14-20(15)23/h5,7-9,11-12,14,18H,1-4,6,10,13H2. The molecule has 0 aliphatic carbocycles. The number of halogens is 3. The summed E-state index contributed by atoms with van der Waals surface area (Å²) in [6.07, 6.45) is 4.11. The van der Waals surface area contributed by atoms with Crippen LogP contribution in [0, 0.1) is 11.6 Å². The van der Waals surface area contributed by atoms with Crippen LogP contribution in [0.3, 0.4) is 0 Å². The molecule has 0 spiro atoms. The predicted molar refractivity (Wildman–Crippen MR) is 104 cm³/mol. The third kappa shape index (κ3) is 4.27. The Bertz CT molecular complexity index is 868. The van der Waals surface area contributed by atoms with Crippen molar-refractivity contribution in [3.63, 3.8) is 0 Å². The first kappa shape index (κ1) is 19.3. The van der Waals surface area contributed by atoms with Crippen molar-refractivity contribution in [2.24, 2.45) is 0 Å². The number of rotatable bonds is 5. The molecule has 2 aromatic rings. The zero-order chi connectivity index (χ0) is 18.7. The van der Waals surface area contributed by atoms with Crippen LogP contribution in [0.4, 0.5) is 8.78 Å². The van der Waals surface area contributed by atoms with E-state index in [2.05, 4.69) is 5.87 Å². The van der Waals surface area contributed by atoms with E-state index in [4.69, 9.17) is 11.6 Å². The molecule has 0 radical (unpaired) electrons. The molecule has 1 aliphatic heterocycles. The van der Waals surface area contributed by atoms with Crippen LogP contribution in [0.1, 0.15) is 31.2 Å². The molecule has 26 heavy (non-hydrogen) atoms. The molecule has 2 aromatic carbocycles. The number of hydrogen-bond acceptors (Lipinski definition) is 1. The number of nitrogens with zero attached hydrogens (tertiary/aromatic N) is 1. The number of aryl methyl sites for hydroxylation is 1. The Morgan fingerprint density at radius 1 is 1.15 bits per heavy atom. The fourth-order valence-corrected chi connectivity index (χ4v) is 5.59. The molecule has 0 bridgehead atoms. The van der Waals surface area contributed by atoms with Crippen molar-refractivity contribution in [3.05, 3.63) is 64.7 Å². The lowest BCUT2D eigenvalue weighted by atomic mass is 9.98. The molecule has 1 fully saturated rings. The van der Waals surface area contributed by atoms with Crippen LogP contribution < -0.4 is 0 Å². The summed E-state index contributed by atoms with van der Waals surface area (Å²) in [7, 11) is -2.70. The van der Waals surface area contributed by atoms with E-state index in [-0.39, 0.29) is 17.7 Å². The average molecular weight is 398 g/mol. The van der Waals surface area contributed by atoms with Gasteiger partial charge in [-0.15, -0.1) is 0 Å². The zero-order valence-corrected chi connectivity index (χ0v) is 16.0. The third-order valence-corrected chi connectivity index (χ3v) is 7.38. The molecule has 2 nitrogen and oxygen atoms in total. The quantitative estimate of drug-likeness (QED) is 0.643. The molecule has 0 saturated carbocycles. The Kier molecular flexibility index (Phi) is 6.00. The van der Waals surface area contributed by atoms with Gasteiger partial charge >= 0.3 is 0 Å². The van der Waals surface area contributed by atoms with Crippen LogP contribution in [0.15, 0.2) is 47.4 Å². The van der Waals surface area contributed by atoms with E-state index in [1.165, 1.54) is 30.3 Å². The van der Waals surface area contributed by atoms with Crippen LogP contribution in [0.25, 0.3) is 0 Å². The molecule has 0 amide bonds. The highest BCUT2D eigenvalue weighted by molar-refractivity contribution is 7.98. The minimum Gasteiger partial charge on any atom is -0.248 e. The maximum absolute atomic E-state index is 14.0. The normalized spacial score (nSPS) is 20.7. The van der Waals surface area contributed by atoms with Gasteiger partial charge in [0.25, 0.3) is 0 Å². The summed E-state index contributed by atoms with van der Waals surface area (Å²) >= 11 is 5.81. The smallest absolute Gasteiger partial charge is 0.127 e. The van der Waals surface area contributed by atoms with Gasteiger partial charge in [0.2, 0.25) is 0 Å². The highest BCUT2D eigenvalue weighted by Crippen LogP contribution is 2.28. The van der Waals surface area contributed by atoms with E-state index in [1.807, 2.05) is 4.31 Å². The molecule has 1 saturated heterocycles. The van der Waals surface area contributed by atoms with Crippen molar-refractivity contribution in [2.45, 2.75) is 43.0 Å². The minimum absolute atomic E-state index is 0.0499. The first-order valence-electron chi connectivity index (χ1n) is 8.71. The van der Waals surface area contributed by atoms with Gasteiger partial charge in [0.15, 0.2) is 0 Å². The second-order valence-electron chi connectivity index (χ2n) is 6.66. The van der Waals surface area contributed by atoms with Crippen molar-refractivity contribution in [2.75, 3.05) is 6.54 Å². The van der Waals surface area contributed by atoms with E-state index in [1.54, 1.807) is 12.1 Å². The fraction of sp³-hybridized carbons (Fsp3) is 0.350. The van der Waals surface area contributed by atoms with E-state index in [0.29, 0.717) is 34.9 Å². The Balaban J connectivity index is 1.78. The highest BCUT2D eigenvalue weighted by atomic mass is 35.5. The van der Waals surface area contributed by atoms with Crippen LogP contribution in [0.2, 0.25) is 5.02 Å². The van der Waals surface area contributed by atoms with Crippen LogP contribution in [-0.4, -0.2) is 27.0 Å². The Morgan fingerprint density at radius 2 is 1.88 bits per heavy atom. The van der Waals surface area contributed by atoms with Gasteiger partial charge in [0.1, 0.15) is 11.6 Å². The van der Waals surface area contributed by atoms with E-state index >= 15 is 0 Å². The molecule has 140 valence electrons. The molecule has 2 atom stereocenters. The summed E-state index contributed by atoms with van der Waals surface area (Å²) in [6.45, 7) is 0.674. The minimum atomic E-state index is -2.70. The van der Waals surface area contributed by atoms with E-state index in [0.717, 1.165) is 19.3 Å². The van der Waals surface area contributed by atoms with Crippen LogP contribution >= 0.6 is 11.6 Å². The second-order valence-corrected chi connectivity index (χ2v) is 9.32. The molecule has 0 aromatic heterocycles. The van der Waals surface area contributed by atoms with Gasteiger partial charge in [-0.2, -0.15) is 0 Å². The lowest BCUT2D eigenvalue weighted by Crippen LogP contribution is -2.43. The van der Waals surface area contributed by atoms with Crippen molar-refractivity contribution in [1.29, 1.82) is 0 Å². The summed E-state index contributed by atoms with van der Waals surface area (Å²) in [4.78, 5) is 0.531. The Morgan fingerprint density at radius 3 is 2.58 bits per heavy atom. The van der Waals surface area contributed by atoms with Crippen molar-refractivity contribution >= 4 is 27.2 Å². The van der Waals surface area contributed by atoms with Gasteiger partial charge in [-0.25, -0.2) is 17.3 Å². The molecule has 1 heterocycles. The summed E-state index contributed by atoms with van der Waals surface area (Å²) in [5, 5.41) is 0.377. The molecule has 2 unspecified atom stereocenters. The fourth-order valence-electron chi connectivity index (χ4n) is 3.48. The van der Waals surface area contributed by atoms with Gasteiger partial charge < -0.3 is 0 Å². The van der Waals surface area contributed by atoms with E-state index < -0.39 is 9.71 Å².